The van der Waals surface area contributed by atoms with Gasteiger partial charge in [-0.05, 0) is 11.6 Å². The van der Waals surface area contributed by atoms with E-state index in [-0.39, 0.29) is 10.8 Å². The van der Waals surface area contributed by atoms with Crippen LogP contribution in [0.4, 0.5) is 0 Å². The molecule has 3 nitrogen and oxygen atoms in total. The van der Waals surface area contributed by atoms with Gasteiger partial charge < -0.3 is 0 Å². The Morgan fingerprint density at radius 2 is 2.45 bits per heavy atom. The second-order valence-electron chi connectivity index (χ2n) is 2.23. The minimum Gasteiger partial charge on any atom is -0.296 e. The van der Waals surface area contributed by atoms with Crippen molar-refractivity contribution < 1.29 is 0 Å². The second kappa shape index (κ2) is 2.53. The highest BCUT2D eigenvalue weighted by Crippen LogP contribution is 2.26. The number of nitrogens with one attached hydrogen (secondary N) is 1. The van der Waals surface area contributed by atoms with E-state index in [9.17, 15) is 4.79 Å². The molecule has 11 heavy (non-hydrogen) atoms. The van der Waals surface area contributed by atoms with E-state index < -0.39 is 0 Å². The summed E-state index contributed by atoms with van der Waals surface area (Å²) in [5.41, 5.74) is 0.728. The molecule has 2 heterocycles. The summed E-state index contributed by atoms with van der Waals surface area (Å²) in [6.07, 6.45) is 0.851. The van der Waals surface area contributed by atoms with Crippen molar-refractivity contribution in [3.8, 4) is 0 Å². The normalized spacial score (nSPS) is 15.0. The van der Waals surface area contributed by atoms with E-state index in [2.05, 4.69) is 9.97 Å². The zero-order chi connectivity index (χ0) is 7.84. The number of hydrogen-bond acceptors (Lipinski definition) is 3. The average molecular weight is 189 g/mol. The maximum atomic E-state index is 11.1. The number of aromatic nitrogens is 2. The van der Waals surface area contributed by atoms with Crippen LogP contribution >= 0.6 is 23.4 Å². The van der Waals surface area contributed by atoms with Crippen LogP contribution in [0.15, 0.2) is 9.69 Å². The van der Waals surface area contributed by atoms with Gasteiger partial charge in [-0.1, -0.05) is 0 Å². The van der Waals surface area contributed by atoms with Gasteiger partial charge in [-0.25, -0.2) is 4.98 Å². The first-order chi connectivity index (χ1) is 5.27. The summed E-state index contributed by atoms with van der Waals surface area (Å²) in [6.45, 7) is 0. The van der Waals surface area contributed by atoms with E-state index in [1.54, 1.807) is 0 Å². The standard InChI is InChI=1S/C6H5ClN2OS/c7-6-8-3-1-2-11-4(3)5(10)9-6/h1-2H2,(H,8,9,10). The minimum absolute atomic E-state index is 0.109. The third kappa shape index (κ3) is 1.16. The molecule has 0 amide bonds. The molecule has 5 heteroatoms. The van der Waals surface area contributed by atoms with Crippen LogP contribution in [0, 0.1) is 0 Å². The molecule has 0 aromatic carbocycles. The summed E-state index contributed by atoms with van der Waals surface area (Å²) < 4.78 is 0. The van der Waals surface area contributed by atoms with Gasteiger partial charge in [0.15, 0.2) is 0 Å². The van der Waals surface area contributed by atoms with Gasteiger partial charge in [-0.2, -0.15) is 0 Å². The van der Waals surface area contributed by atoms with Crippen LogP contribution in [0.25, 0.3) is 0 Å². The summed E-state index contributed by atoms with van der Waals surface area (Å²) in [6, 6.07) is 0. The largest absolute Gasteiger partial charge is 0.296 e. The first-order valence-electron chi connectivity index (χ1n) is 3.19. The Labute approximate surface area is 72.2 Å². The molecule has 1 aromatic heterocycles. The van der Waals surface area contributed by atoms with Crippen molar-refractivity contribution in [2.75, 3.05) is 5.75 Å². The van der Waals surface area contributed by atoms with Crippen LogP contribution in [0.1, 0.15) is 5.69 Å². The van der Waals surface area contributed by atoms with E-state index >= 15 is 0 Å². The fraction of sp³-hybridized carbons (Fsp3) is 0.333. The molecule has 58 valence electrons. The zero-order valence-corrected chi connectivity index (χ0v) is 7.13. The number of hydrogen-bond donors (Lipinski definition) is 1. The van der Waals surface area contributed by atoms with Crippen LogP contribution in [0.3, 0.4) is 0 Å². The molecule has 0 saturated heterocycles. The number of nitrogens with zero attached hydrogens (tertiary/aromatic N) is 1. The van der Waals surface area contributed by atoms with E-state index in [1.807, 2.05) is 0 Å². The predicted molar refractivity (Wildman–Crippen MR) is 44.3 cm³/mol. The molecular weight excluding hydrogens is 184 g/mol. The number of halogens is 1. The molecule has 0 unspecified atom stereocenters. The Morgan fingerprint density at radius 3 is 3.27 bits per heavy atom. The van der Waals surface area contributed by atoms with Crippen LogP contribution in [0.2, 0.25) is 5.28 Å². The number of aryl methyl sites for hydroxylation is 1. The maximum Gasteiger partial charge on any atom is 0.265 e. The Kier molecular flexibility index (Phi) is 1.65. The monoisotopic (exact) mass is 188 g/mol. The molecule has 0 aliphatic carbocycles. The molecule has 0 saturated carbocycles. The summed E-state index contributed by atoms with van der Waals surface area (Å²) >= 11 is 7.09. The molecule has 0 radical (unpaired) electrons. The Bertz CT molecular complexity index is 349. The van der Waals surface area contributed by atoms with E-state index in [0.717, 1.165) is 22.8 Å². The van der Waals surface area contributed by atoms with Gasteiger partial charge in [0.1, 0.15) is 0 Å². The van der Waals surface area contributed by atoms with Crippen molar-refractivity contribution in [3.63, 3.8) is 0 Å². The average Bonchev–Trinajstić information content (AvgIpc) is 2.34. The van der Waals surface area contributed by atoms with E-state index in [1.165, 1.54) is 11.8 Å². The van der Waals surface area contributed by atoms with Gasteiger partial charge >= 0.3 is 0 Å². The van der Waals surface area contributed by atoms with Gasteiger partial charge in [0, 0.05) is 12.2 Å². The summed E-state index contributed by atoms with van der Waals surface area (Å²) in [7, 11) is 0. The molecule has 2 rings (SSSR count). The van der Waals surface area contributed by atoms with Crippen LogP contribution in [-0.4, -0.2) is 15.7 Å². The molecule has 0 fully saturated rings. The SMILES string of the molecule is O=c1[nH]c(Cl)nc2c1SCC2. The highest BCUT2D eigenvalue weighted by atomic mass is 35.5. The zero-order valence-electron chi connectivity index (χ0n) is 5.56. The fourth-order valence-electron chi connectivity index (χ4n) is 1.05. The van der Waals surface area contributed by atoms with Crippen LogP contribution in [0.5, 0.6) is 0 Å². The lowest BCUT2D eigenvalue weighted by atomic mass is 10.3. The van der Waals surface area contributed by atoms with Gasteiger partial charge in [0.05, 0.1) is 10.6 Å². The molecule has 1 N–H and O–H groups in total. The highest BCUT2D eigenvalue weighted by Gasteiger charge is 2.16. The quantitative estimate of drug-likeness (QED) is 0.620. The minimum atomic E-state index is -0.109. The lowest BCUT2D eigenvalue weighted by molar-refractivity contribution is 0.946. The first kappa shape index (κ1) is 7.18. The third-order valence-corrected chi connectivity index (χ3v) is 2.80. The van der Waals surface area contributed by atoms with Gasteiger partial charge in [0.2, 0.25) is 5.28 Å². The first-order valence-corrected chi connectivity index (χ1v) is 4.55. The molecular formula is C6H5ClN2OS. The van der Waals surface area contributed by atoms with Crippen molar-refractivity contribution in [2.24, 2.45) is 0 Å². The second-order valence-corrected chi connectivity index (χ2v) is 3.69. The number of thioether (sulfide) groups is 1. The third-order valence-electron chi connectivity index (χ3n) is 1.50. The summed E-state index contributed by atoms with van der Waals surface area (Å²) in [5, 5.41) is 0.191. The van der Waals surface area contributed by atoms with Crippen molar-refractivity contribution in [1.29, 1.82) is 0 Å². The Hall–Kier alpha value is -0.480. The number of fused-ring (bicyclic) bond motifs is 1. The Morgan fingerprint density at radius 1 is 1.64 bits per heavy atom. The Balaban J connectivity index is 2.70. The number of aromatic amines is 1. The van der Waals surface area contributed by atoms with Crippen molar-refractivity contribution in [2.45, 2.75) is 11.3 Å². The molecule has 1 aliphatic rings. The van der Waals surface area contributed by atoms with Gasteiger partial charge in [0.25, 0.3) is 5.56 Å². The van der Waals surface area contributed by atoms with Crippen LogP contribution < -0.4 is 5.56 Å². The molecule has 0 atom stereocenters. The molecule has 1 aliphatic heterocycles. The maximum absolute atomic E-state index is 11.1. The molecule has 0 spiro atoms. The highest BCUT2D eigenvalue weighted by molar-refractivity contribution is 7.99. The van der Waals surface area contributed by atoms with Crippen molar-refractivity contribution >= 4 is 23.4 Å². The summed E-state index contributed by atoms with van der Waals surface area (Å²) in [5.74, 6) is 0.936. The van der Waals surface area contributed by atoms with Gasteiger partial charge in [-0.15, -0.1) is 11.8 Å². The number of H-pyrrole nitrogens is 1. The lowest BCUT2D eigenvalue weighted by Gasteiger charge is -1.94. The van der Waals surface area contributed by atoms with E-state index in [4.69, 9.17) is 11.6 Å². The fourth-order valence-corrected chi connectivity index (χ4v) is 2.23. The number of rotatable bonds is 0. The van der Waals surface area contributed by atoms with Gasteiger partial charge in [-0.3, -0.25) is 9.78 Å². The van der Waals surface area contributed by atoms with Crippen molar-refractivity contribution in [3.05, 3.63) is 21.3 Å². The molecule has 1 aromatic rings. The van der Waals surface area contributed by atoms with E-state index in [0.29, 0.717) is 0 Å². The molecule has 0 bridgehead atoms. The smallest absolute Gasteiger partial charge is 0.265 e. The van der Waals surface area contributed by atoms with Crippen molar-refractivity contribution in [1.82, 2.24) is 9.97 Å². The predicted octanol–water partition coefficient (Wildman–Crippen LogP) is 1.07. The lowest BCUT2D eigenvalue weighted by Crippen LogP contribution is -2.10. The van der Waals surface area contributed by atoms with Crippen LogP contribution in [-0.2, 0) is 6.42 Å². The summed E-state index contributed by atoms with van der Waals surface area (Å²) in [4.78, 5) is 18.3. The topological polar surface area (TPSA) is 45.8 Å².